The first-order valence-electron chi connectivity index (χ1n) is 10.5. The highest BCUT2D eigenvalue weighted by Gasteiger charge is 2.10. The fraction of sp³-hybridized carbons (Fsp3) is 0.952. The van der Waals surface area contributed by atoms with E-state index in [1.807, 2.05) is 0 Å². The molecule has 1 unspecified atom stereocenters. The van der Waals surface area contributed by atoms with Crippen LogP contribution in [0.25, 0.3) is 0 Å². The molecular formula is C21H42O3. The van der Waals surface area contributed by atoms with Crippen LogP contribution in [0.3, 0.4) is 0 Å². The Labute approximate surface area is 150 Å². The van der Waals surface area contributed by atoms with Gasteiger partial charge in [0.1, 0.15) is 0 Å². The maximum absolute atomic E-state index is 10.6. The average Bonchev–Trinajstić information content (AvgIpc) is 2.56. The molecule has 0 rings (SSSR count). The van der Waals surface area contributed by atoms with Gasteiger partial charge in [-0.05, 0) is 12.8 Å². The zero-order chi connectivity index (χ0) is 17.9. The van der Waals surface area contributed by atoms with Gasteiger partial charge in [-0.15, -0.1) is 0 Å². The minimum Gasteiger partial charge on any atom is -0.481 e. The smallest absolute Gasteiger partial charge is 0.305 e. The van der Waals surface area contributed by atoms with Crippen molar-refractivity contribution in [1.82, 2.24) is 0 Å². The molecule has 0 aromatic rings. The minimum atomic E-state index is -0.760. The SMILES string of the molecule is CCCCCCCCCC(CCCCCCCC)OCCC(=O)O. The van der Waals surface area contributed by atoms with E-state index in [0.717, 1.165) is 12.8 Å². The van der Waals surface area contributed by atoms with Gasteiger partial charge in [0, 0.05) is 0 Å². The van der Waals surface area contributed by atoms with E-state index in [2.05, 4.69) is 13.8 Å². The van der Waals surface area contributed by atoms with Crippen LogP contribution < -0.4 is 0 Å². The first-order valence-corrected chi connectivity index (χ1v) is 10.5. The van der Waals surface area contributed by atoms with Crippen molar-refractivity contribution in [2.24, 2.45) is 0 Å². The Hall–Kier alpha value is -0.570. The molecule has 0 spiro atoms. The number of hydrogen-bond donors (Lipinski definition) is 1. The second-order valence-electron chi connectivity index (χ2n) is 7.10. The zero-order valence-electron chi connectivity index (χ0n) is 16.4. The van der Waals surface area contributed by atoms with Crippen molar-refractivity contribution in [3.05, 3.63) is 0 Å². The van der Waals surface area contributed by atoms with Crippen LogP contribution in [0.2, 0.25) is 0 Å². The van der Waals surface area contributed by atoms with Crippen molar-refractivity contribution >= 4 is 5.97 Å². The molecule has 0 aromatic carbocycles. The fourth-order valence-corrected chi connectivity index (χ4v) is 3.11. The van der Waals surface area contributed by atoms with E-state index < -0.39 is 5.97 Å². The fourth-order valence-electron chi connectivity index (χ4n) is 3.11. The molecule has 0 fully saturated rings. The summed E-state index contributed by atoms with van der Waals surface area (Å²) in [6.45, 7) is 4.86. The second kappa shape index (κ2) is 18.8. The molecule has 3 heteroatoms. The van der Waals surface area contributed by atoms with Crippen molar-refractivity contribution < 1.29 is 14.6 Å². The van der Waals surface area contributed by atoms with Crippen molar-refractivity contribution in [3.63, 3.8) is 0 Å². The zero-order valence-corrected chi connectivity index (χ0v) is 16.4. The van der Waals surface area contributed by atoms with Gasteiger partial charge in [0.25, 0.3) is 0 Å². The van der Waals surface area contributed by atoms with E-state index in [-0.39, 0.29) is 12.5 Å². The molecule has 0 aliphatic rings. The normalized spacial score (nSPS) is 12.4. The van der Waals surface area contributed by atoms with Gasteiger partial charge in [-0.25, -0.2) is 0 Å². The number of ether oxygens (including phenoxy) is 1. The molecule has 0 saturated carbocycles. The molecule has 0 amide bonds. The largest absolute Gasteiger partial charge is 0.481 e. The third-order valence-electron chi connectivity index (χ3n) is 4.68. The Bertz CT molecular complexity index is 266. The van der Waals surface area contributed by atoms with Crippen LogP contribution in [-0.4, -0.2) is 23.8 Å². The summed E-state index contributed by atoms with van der Waals surface area (Å²) in [6, 6.07) is 0. The van der Waals surface area contributed by atoms with Gasteiger partial charge in [-0.1, -0.05) is 97.3 Å². The molecule has 0 aromatic heterocycles. The summed E-state index contributed by atoms with van der Waals surface area (Å²) in [6.07, 6.45) is 19.6. The van der Waals surface area contributed by atoms with Crippen molar-refractivity contribution in [2.75, 3.05) is 6.61 Å². The molecule has 0 heterocycles. The number of unbranched alkanes of at least 4 members (excludes halogenated alkanes) is 11. The topological polar surface area (TPSA) is 46.5 Å². The highest BCUT2D eigenvalue weighted by molar-refractivity contribution is 5.66. The number of aliphatic carboxylic acids is 1. The molecular weight excluding hydrogens is 300 g/mol. The van der Waals surface area contributed by atoms with Gasteiger partial charge >= 0.3 is 5.97 Å². The average molecular weight is 343 g/mol. The second-order valence-corrected chi connectivity index (χ2v) is 7.10. The number of carbonyl (C=O) groups is 1. The third kappa shape index (κ3) is 17.8. The maximum Gasteiger partial charge on any atom is 0.305 e. The Morgan fingerprint density at radius 2 is 1.17 bits per heavy atom. The third-order valence-corrected chi connectivity index (χ3v) is 4.68. The quantitative estimate of drug-likeness (QED) is 0.264. The summed E-state index contributed by atoms with van der Waals surface area (Å²) in [7, 11) is 0. The van der Waals surface area contributed by atoms with Gasteiger partial charge in [0.05, 0.1) is 19.1 Å². The van der Waals surface area contributed by atoms with Crippen LogP contribution >= 0.6 is 0 Å². The van der Waals surface area contributed by atoms with Crippen LogP contribution in [0.4, 0.5) is 0 Å². The molecule has 0 bridgehead atoms. The lowest BCUT2D eigenvalue weighted by Crippen LogP contribution is -2.15. The Morgan fingerprint density at radius 3 is 1.58 bits per heavy atom. The summed E-state index contributed by atoms with van der Waals surface area (Å²) >= 11 is 0. The lowest BCUT2D eigenvalue weighted by molar-refractivity contribution is -0.138. The standard InChI is InChI=1S/C21H42O3/c1-3-5-7-9-11-13-15-17-20(24-19-18-21(22)23)16-14-12-10-8-6-4-2/h20H,3-19H2,1-2H3,(H,22,23). The van der Waals surface area contributed by atoms with E-state index in [0.29, 0.717) is 6.61 Å². The first-order chi connectivity index (χ1) is 11.7. The molecule has 3 nitrogen and oxygen atoms in total. The highest BCUT2D eigenvalue weighted by Crippen LogP contribution is 2.17. The van der Waals surface area contributed by atoms with Crippen LogP contribution in [0.5, 0.6) is 0 Å². The maximum atomic E-state index is 10.6. The van der Waals surface area contributed by atoms with E-state index in [1.54, 1.807) is 0 Å². The highest BCUT2D eigenvalue weighted by atomic mass is 16.5. The minimum absolute atomic E-state index is 0.129. The Morgan fingerprint density at radius 1 is 0.750 bits per heavy atom. The Kier molecular flexibility index (Phi) is 18.3. The molecule has 1 N–H and O–H groups in total. The number of rotatable bonds is 19. The predicted octanol–water partition coefficient (Wildman–Crippen LogP) is 6.74. The van der Waals surface area contributed by atoms with Crippen LogP contribution in [-0.2, 0) is 9.53 Å². The van der Waals surface area contributed by atoms with E-state index in [1.165, 1.54) is 83.5 Å². The lowest BCUT2D eigenvalue weighted by atomic mass is 10.0. The molecule has 0 radical (unpaired) electrons. The molecule has 0 aliphatic carbocycles. The van der Waals surface area contributed by atoms with Gasteiger partial charge < -0.3 is 9.84 Å². The molecule has 24 heavy (non-hydrogen) atoms. The molecule has 144 valence electrons. The van der Waals surface area contributed by atoms with Crippen molar-refractivity contribution in [1.29, 1.82) is 0 Å². The number of carboxylic acids is 1. The molecule has 1 atom stereocenters. The summed E-state index contributed by atoms with van der Waals surface area (Å²) in [5, 5.41) is 8.76. The summed E-state index contributed by atoms with van der Waals surface area (Å²) in [4.78, 5) is 10.6. The van der Waals surface area contributed by atoms with Gasteiger partial charge in [-0.2, -0.15) is 0 Å². The summed E-state index contributed by atoms with van der Waals surface area (Å²) in [5.41, 5.74) is 0. The van der Waals surface area contributed by atoms with E-state index in [4.69, 9.17) is 9.84 Å². The van der Waals surface area contributed by atoms with Crippen LogP contribution in [0.1, 0.15) is 117 Å². The number of hydrogen-bond acceptors (Lipinski definition) is 2. The van der Waals surface area contributed by atoms with Crippen LogP contribution in [0.15, 0.2) is 0 Å². The van der Waals surface area contributed by atoms with Crippen LogP contribution in [0, 0.1) is 0 Å². The van der Waals surface area contributed by atoms with Gasteiger partial charge in [-0.3, -0.25) is 4.79 Å². The van der Waals surface area contributed by atoms with Gasteiger partial charge in [0.2, 0.25) is 0 Å². The predicted molar refractivity (Wildman–Crippen MR) is 103 cm³/mol. The van der Waals surface area contributed by atoms with E-state index in [9.17, 15) is 4.79 Å². The van der Waals surface area contributed by atoms with E-state index >= 15 is 0 Å². The summed E-state index contributed by atoms with van der Waals surface area (Å²) < 4.78 is 5.84. The first kappa shape index (κ1) is 23.4. The van der Waals surface area contributed by atoms with Gasteiger partial charge in [0.15, 0.2) is 0 Å². The molecule has 0 saturated heterocycles. The van der Waals surface area contributed by atoms with Crippen molar-refractivity contribution in [3.8, 4) is 0 Å². The molecule has 0 aliphatic heterocycles. The Balaban J connectivity index is 3.76. The van der Waals surface area contributed by atoms with Crippen molar-refractivity contribution in [2.45, 2.75) is 123 Å². The summed E-state index contributed by atoms with van der Waals surface area (Å²) in [5.74, 6) is -0.760. The lowest BCUT2D eigenvalue weighted by Gasteiger charge is -2.17. The number of carboxylic acid groups (broad SMARTS) is 1. The monoisotopic (exact) mass is 342 g/mol.